The van der Waals surface area contributed by atoms with Crippen molar-refractivity contribution in [3.8, 4) is 0 Å². The fourth-order valence-corrected chi connectivity index (χ4v) is 1.87. The second-order valence-corrected chi connectivity index (χ2v) is 4.96. The van der Waals surface area contributed by atoms with Crippen LogP contribution in [0.25, 0.3) is 0 Å². The molecule has 0 atom stereocenters. The van der Waals surface area contributed by atoms with Gasteiger partial charge in [0.2, 0.25) is 0 Å². The van der Waals surface area contributed by atoms with Crippen LogP contribution < -0.4 is 0 Å². The Kier molecular flexibility index (Phi) is 13.2. The summed E-state index contributed by atoms with van der Waals surface area (Å²) in [4.78, 5) is 2.53. The molecule has 110 valence electrons. The third-order valence-electron chi connectivity index (χ3n) is 2.98. The summed E-state index contributed by atoms with van der Waals surface area (Å²) < 4.78 is 10.9. The molecule has 3 nitrogen and oxygen atoms in total. The van der Waals surface area contributed by atoms with Crippen molar-refractivity contribution >= 4 is 0 Å². The van der Waals surface area contributed by atoms with E-state index in [1.54, 1.807) is 0 Å². The largest absolute Gasteiger partial charge is 0.382 e. The highest BCUT2D eigenvalue weighted by atomic mass is 16.5. The van der Waals surface area contributed by atoms with Gasteiger partial charge in [-0.25, -0.2) is 0 Å². The van der Waals surface area contributed by atoms with E-state index in [4.69, 9.17) is 9.47 Å². The first-order valence-electron chi connectivity index (χ1n) is 7.62. The molecule has 0 saturated heterocycles. The molecule has 18 heavy (non-hydrogen) atoms. The van der Waals surface area contributed by atoms with E-state index in [9.17, 15) is 0 Å². The molecule has 0 aliphatic heterocycles. The number of rotatable bonds is 13. The number of nitrogens with zero attached hydrogens (tertiary/aromatic N) is 1. The molecule has 0 fully saturated rings. The van der Waals surface area contributed by atoms with Crippen LogP contribution in [-0.2, 0) is 9.47 Å². The maximum absolute atomic E-state index is 5.55. The van der Waals surface area contributed by atoms with E-state index in [1.807, 2.05) is 0 Å². The minimum Gasteiger partial charge on any atom is -0.382 e. The van der Waals surface area contributed by atoms with Crippen LogP contribution in [0, 0.1) is 0 Å². The van der Waals surface area contributed by atoms with E-state index in [2.05, 4.69) is 32.6 Å². The molecule has 0 saturated carbocycles. The highest BCUT2D eigenvalue weighted by Crippen LogP contribution is 2.01. The Morgan fingerprint density at radius 3 is 2.00 bits per heavy atom. The zero-order valence-corrected chi connectivity index (χ0v) is 12.9. The number of hydrogen-bond donors (Lipinski definition) is 0. The highest BCUT2D eigenvalue weighted by molar-refractivity contribution is 4.56. The van der Waals surface area contributed by atoms with Crippen molar-refractivity contribution in [2.75, 3.05) is 39.5 Å². The predicted octanol–water partition coefficient (Wildman–Crippen LogP) is 3.33. The van der Waals surface area contributed by atoms with Crippen LogP contribution in [-0.4, -0.2) is 50.5 Å². The van der Waals surface area contributed by atoms with Gasteiger partial charge in [0.1, 0.15) is 0 Å². The monoisotopic (exact) mass is 259 g/mol. The second kappa shape index (κ2) is 13.3. The number of hydrogen-bond acceptors (Lipinski definition) is 3. The smallest absolute Gasteiger partial charge is 0.0518 e. The number of unbranched alkanes of at least 4 members (excludes halogenated alkanes) is 2. The molecule has 0 radical (unpaired) electrons. The van der Waals surface area contributed by atoms with Gasteiger partial charge < -0.3 is 14.4 Å². The Morgan fingerprint density at radius 1 is 0.889 bits per heavy atom. The fourth-order valence-electron chi connectivity index (χ4n) is 1.87. The maximum atomic E-state index is 5.55. The van der Waals surface area contributed by atoms with Crippen molar-refractivity contribution in [1.29, 1.82) is 0 Å². The lowest BCUT2D eigenvalue weighted by molar-refractivity contribution is 0.0741. The molecule has 0 bridgehead atoms. The van der Waals surface area contributed by atoms with Gasteiger partial charge in [0.05, 0.1) is 6.10 Å². The van der Waals surface area contributed by atoms with E-state index in [0.29, 0.717) is 6.10 Å². The summed E-state index contributed by atoms with van der Waals surface area (Å²) in [6, 6.07) is 0. The molecule has 0 aromatic rings. The van der Waals surface area contributed by atoms with Gasteiger partial charge in [-0.15, -0.1) is 0 Å². The van der Waals surface area contributed by atoms with Gasteiger partial charge in [-0.3, -0.25) is 0 Å². The Balaban J connectivity index is 3.35. The molecule has 3 heteroatoms. The van der Waals surface area contributed by atoms with Crippen molar-refractivity contribution in [1.82, 2.24) is 4.90 Å². The molecule has 0 amide bonds. The Hall–Kier alpha value is -0.120. The lowest BCUT2D eigenvalue weighted by Gasteiger charge is -2.20. The van der Waals surface area contributed by atoms with Gasteiger partial charge in [0, 0.05) is 19.8 Å². The van der Waals surface area contributed by atoms with Gasteiger partial charge in [-0.05, 0) is 66.1 Å². The van der Waals surface area contributed by atoms with Crippen LogP contribution in [0.2, 0.25) is 0 Å². The van der Waals surface area contributed by atoms with Crippen molar-refractivity contribution in [2.24, 2.45) is 0 Å². The van der Waals surface area contributed by atoms with E-state index in [1.165, 1.54) is 38.8 Å². The molecule has 0 unspecified atom stereocenters. The molecule has 0 aliphatic carbocycles. The van der Waals surface area contributed by atoms with Gasteiger partial charge in [0.15, 0.2) is 0 Å². The Morgan fingerprint density at radius 2 is 1.50 bits per heavy atom. The molecular weight excluding hydrogens is 226 g/mol. The summed E-state index contributed by atoms with van der Waals surface area (Å²) in [5, 5.41) is 0. The first kappa shape index (κ1) is 17.9. The van der Waals surface area contributed by atoms with Crippen molar-refractivity contribution in [3.63, 3.8) is 0 Å². The lowest BCUT2D eigenvalue weighted by Crippen LogP contribution is -2.26. The SMILES string of the molecule is CCOCCCCN(CC)CCCCOC(C)C. The molecule has 0 aromatic carbocycles. The van der Waals surface area contributed by atoms with E-state index >= 15 is 0 Å². The van der Waals surface area contributed by atoms with E-state index < -0.39 is 0 Å². The van der Waals surface area contributed by atoms with E-state index in [0.717, 1.165) is 26.4 Å². The summed E-state index contributed by atoms with van der Waals surface area (Å²) in [7, 11) is 0. The molecule has 0 aliphatic rings. The van der Waals surface area contributed by atoms with Crippen molar-refractivity contribution in [3.05, 3.63) is 0 Å². The summed E-state index contributed by atoms with van der Waals surface area (Å²) >= 11 is 0. The summed E-state index contributed by atoms with van der Waals surface area (Å²) in [5.41, 5.74) is 0. The standard InChI is InChI=1S/C15H33NO2/c1-5-16(11-7-9-13-17-6-2)12-8-10-14-18-15(3)4/h15H,5-14H2,1-4H3. The summed E-state index contributed by atoms with van der Waals surface area (Å²) in [5.74, 6) is 0. The van der Waals surface area contributed by atoms with Crippen molar-refractivity contribution in [2.45, 2.75) is 59.5 Å². The fraction of sp³-hybridized carbons (Fsp3) is 1.00. The van der Waals surface area contributed by atoms with Gasteiger partial charge >= 0.3 is 0 Å². The minimum atomic E-state index is 0.367. The molecule has 0 rings (SSSR count). The zero-order chi connectivity index (χ0) is 13.6. The van der Waals surface area contributed by atoms with Crippen LogP contribution in [0.1, 0.15) is 53.4 Å². The van der Waals surface area contributed by atoms with E-state index in [-0.39, 0.29) is 0 Å². The average molecular weight is 259 g/mol. The summed E-state index contributed by atoms with van der Waals surface area (Å²) in [6.45, 7) is 14.7. The normalized spacial score (nSPS) is 11.7. The van der Waals surface area contributed by atoms with Gasteiger partial charge in [-0.1, -0.05) is 6.92 Å². The quantitative estimate of drug-likeness (QED) is 0.474. The van der Waals surface area contributed by atoms with Crippen LogP contribution in [0.15, 0.2) is 0 Å². The van der Waals surface area contributed by atoms with Gasteiger partial charge in [0.25, 0.3) is 0 Å². The Bertz CT molecular complexity index is 163. The van der Waals surface area contributed by atoms with Crippen LogP contribution in [0.4, 0.5) is 0 Å². The van der Waals surface area contributed by atoms with Crippen LogP contribution in [0.5, 0.6) is 0 Å². The second-order valence-electron chi connectivity index (χ2n) is 4.96. The predicted molar refractivity (Wildman–Crippen MR) is 78.2 cm³/mol. The zero-order valence-electron chi connectivity index (χ0n) is 12.9. The lowest BCUT2D eigenvalue weighted by atomic mass is 10.2. The maximum Gasteiger partial charge on any atom is 0.0518 e. The van der Waals surface area contributed by atoms with Crippen molar-refractivity contribution < 1.29 is 9.47 Å². The minimum absolute atomic E-state index is 0.367. The molecular formula is C15H33NO2. The number of ether oxygens (including phenoxy) is 2. The Labute approximate surface area is 114 Å². The first-order chi connectivity index (χ1) is 8.70. The van der Waals surface area contributed by atoms with Crippen LogP contribution >= 0.6 is 0 Å². The molecule has 0 heterocycles. The third kappa shape index (κ3) is 12.3. The average Bonchev–Trinajstić information content (AvgIpc) is 2.35. The molecule has 0 aromatic heterocycles. The highest BCUT2D eigenvalue weighted by Gasteiger charge is 2.02. The van der Waals surface area contributed by atoms with Crippen LogP contribution in [0.3, 0.4) is 0 Å². The topological polar surface area (TPSA) is 21.7 Å². The van der Waals surface area contributed by atoms with Gasteiger partial charge in [-0.2, -0.15) is 0 Å². The summed E-state index contributed by atoms with van der Waals surface area (Å²) in [6.07, 6.45) is 5.21. The first-order valence-corrected chi connectivity index (χ1v) is 7.62. The third-order valence-corrected chi connectivity index (χ3v) is 2.98. The molecule has 0 N–H and O–H groups in total. The molecule has 0 spiro atoms.